The first-order valence-electron chi connectivity index (χ1n) is 7.83. The zero-order chi connectivity index (χ0) is 16.5. The van der Waals surface area contributed by atoms with Gasteiger partial charge < -0.3 is 9.47 Å². The molecule has 1 rings (SSSR count). The fourth-order valence-corrected chi connectivity index (χ4v) is 2.69. The highest BCUT2D eigenvalue weighted by Gasteiger charge is 2.53. The predicted molar refractivity (Wildman–Crippen MR) is 81.8 cm³/mol. The second-order valence-corrected chi connectivity index (χ2v) is 8.19. The molecule has 0 saturated heterocycles. The fourth-order valence-electron chi connectivity index (χ4n) is 2.69. The number of ether oxygens (including phenoxy) is 2. The van der Waals surface area contributed by atoms with Gasteiger partial charge in [-0.25, -0.2) is 0 Å². The minimum absolute atomic E-state index is 0.00204. The van der Waals surface area contributed by atoms with Crippen LogP contribution in [0.1, 0.15) is 74.1 Å². The van der Waals surface area contributed by atoms with Crippen LogP contribution in [0.2, 0.25) is 0 Å². The number of hydrogen-bond acceptors (Lipinski definition) is 4. The molecule has 122 valence electrons. The summed E-state index contributed by atoms with van der Waals surface area (Å²) in [5.74, 6) is -0.922. The largest absolute Gasteiger partial charge is 0.459 e. The minimum atomic E-state index is -1.21. The van der Waals surface area contributed by atoms with Gasteiger partial charge in [0.1, 0.15) is 11.2 Å². The third kappa shape index (κ3) is 4.72. The molecule has 1 saturated carbocycles. The molecule has 0 amide bonds. The zero-order valence-corrected chi connectivity index (χ0v) is 14.5. The second-order valence-electron chi connectivity index (χ2n) is 8.19. The highest BCUT2D eigenvalue weighted by Crippen LogP contribution is 2.43. The van der Waals surface area contributed by atoms with Crippen molar-refractivity contribution in [3.8, 4) is 0 Å². The SMILES string of the molecule is CC(C)(C)OC(=O)C(C)(C(=O)OC(C)(C)C)C1CCCC1. The van der Waals surface area contributed by atoms with Gasteiger partial charge in [0.25, 0.3) is 0 Å². The number of esters is 2. The van der Waals surface area contributed by atoms with Crippen molar-refractivity contribution in [2.24, 2.45) is 11.3 Å². The molecular weight excluding hydrogens is 268 g/mol. The predicted octanol–water partition coefficient (Wildman–Crippen LogP) is 3.87. The van der Waals surface area contributed by atoms with Gasteiger partial charge in [0.05, 0.1) is 0 Å². The highest BCUT2D eigenvalue weighted by molar-refractivity contribution is 6.00. The Kier molecular flexibility index (Phi) is 5.12. The first-order chi connectivity index (χ1) is 9.36. The van der Waals surface area contributed by atoms with Crippen molar-refractivity contribution in [2.45, 2.75) is 85.4 Å². The average Bonchev–Trinajstić information content (AvgIpc) is 2.76. The van der Waals surface area contributed by atoms with Crippen LogP contribution in [-0.2, 0) is 19.1 Å². The molecule has 1 aliphatic carbocycles. The van der Waals surface area contributed by atoms with Gasteiger partial charge in [0, 0.05) is 0 Å². The molecule has 1 fully saturated rings. The molecule has 4 nitrogen and oxygen atoms in total. The summed E-state index contributed by atoms with van der Waals surface area (Å²) in [6.45, 7) is 12.6. The maximum absolute atomic E-state index is 12.7. The van der Waals surface area contributed by atoms with Crippen LogP contribution in [0.5, 0.6) is 0 Å². The monoisotopic (exact) mass is 298 g/mol. The van der Waals surface area contributed by atoms with Gasteiger partial charge in [0.15, 0.2) is 5.41 Å². The molecular formula is C17H30O4. The summed E-state index contributed by atoms with van der Waals surface area (Å²) in [7, 11) is 0. The van der Waals surface area contributed by atoms with E-state index in [-0.39, 0.29) is 5.92 Å². The van der Waals surface area contributed by atoms with E-state index in [0.717, 1.165) is 25.7 Å². The summed E-state index contributed by atoms with van der Waals surface area (Å²) < 4.78 is 11.0. The summed E-state index contributed by atoms with van der Waals surface area (Å²) in [5, 5.41) is 0. The van der Waals surface area contributed by atoms with E-state index in [9.17, 15) is 9.59 Å². The van der Waals surface area contributed by atoms with Crippen molar-refractivity contribution in [1.82, 2.24) is 0 Å². The number of carbonyl (C=O) groups is 2. The lowest BCUT2D eigenvalue weighted by atomic mass is 9.75. The topological polar surface area (TPSA) is 52.6 Å². The maximum atomic E-state index is 12.7. The van der Waals surface area contributed by atoms with E-state index in [0.29, 0.717) is 0 Å². The lowest BCUT2D eigenvalue weighted by molar-refractivity contribution is -0.188. The van der Waals surface area contributed by atoms with Crippen molar-refractivity contribution >= 4 is 11.9 Å². The number of rotatable bonds is 3. The summed E-state index contributed by atoms with van der Waals surface area (Å²) in [4.78, 5) is 25.3. The summed E-state index contributed by atoms with van der Waals surface area (Å²) in [6.07, 6.45) is 3.83. The molecule has 4 heteroatoms. The molecule has 0 atom stereocenters. The van der Waals surface area contributed by atoms with Gasteiger partial charge in [-0.05, 0) is 67.2 Å². The molecule has 1 aliphatic rings. The normalized spacial score (nSPS) is 17.7. The van der Waals surface area contributed by atoms with Crippen molar-refractivity contribution in [3.05, 3.63) is 0 Å². The Hall–Kier alpha value is -1.06. The zero-order valence-electron chi connectivity index (χ0n) is 14.5. The fraction of sp³-hybridized carbons (Fsp3) is 0.882. The van der Waals surface area contributed by atoms with Crippen LogP contribution in [0, 0.1) is 11.3 Å². The van der Waals surface area contributed by atoms with Crippen LogP contribution in [0.25, 0.3) is 0 Å². The first kappa shape index (κ1) is 18.0. The Morgan fingerprint density at radius 3 is 1.38 bits per heavy atom. The minimum Gasteiger partial charge on any atom is -0.459 e. The van der Waals surface area contributed by atoms with E-state index in [4.69, 9.17) is 9.47 Å². The molecule has 0 aromatic rings. The quantitative estimate of drug-likeness (QED) is 0.586. The van der Waals surface area contributed by atoms with Crippen molar-refractivity contribution < 1.29 is 19.1 Å². The number of hydrogen-bond donors (Lipinski definition) is 0. The van der Waals surface area contributed by atoms with Gasteiger partial charge in [-0.1, -0.05) is 12.8 Å². The highest BCUT2D eigenvalue weighted by atomic mass is 16.6. The Morgan fingerprint density at radius 1 is 0.762 bits per heavy atom. The Bertz CT molecular complexity index is 364. The third-order valence-corrected chi connectivity index (χ3v) is 3.82. The lowest BCUT2D eigenvalue weighted by Crippen LogP contribution is -2.48. The number of carbonyl (C=O) groups excluding carboxylic acids is 2. The molecule has 0 unspecified atom stereocenters. The summed E-state index contributed by atoms with van der Waals surface area (Å²) >= 11 is 0. The van der Waals surface area contributed by atoms with E-state index < -0.39 is 28.6 Å². The van der Waals surface area contributed by atoms with E-state index in [1.165, 1.54) is 0 Å². The van der Waals surface area contributed by atoms with Gasteiger partial charge in [-0.3, -0.25) is 9.59 Å². The Balaban J connectivity index is 3.05. The van der Waals surface area contributed by atoms with E-state index in [1.54, 1.807) is 6.92 Å². The lowest BCUT2D eigenvalue weighted by Gasteiger charge is -2.35. The molecule has 0 aromatic heterocycles. The average molecular weight is 298 g/mol. The molecule has 0 N–H and O–H groups in total. The molecule has 0 radical (unpaired) electrons. The summed E-state index contributed by atoms with van der Waals surface area (Å²) in [5.41, 5.74) is -2.44. The van der Waals surface area contributed by atoms with Gasteiger partial charge in [-0.2, -0.15) is 0 Å². The molecule has 0 aliphatic heterocycles. The Labute approximate surface area is 128 Å². The van der Waals surface area contributed by atoms with Gasteiger partial charge in [0.2, 0.25) is 0 Å². The van der Waals surface area contributed by atoms with Crippen LogP contribution < -0.4 is 0 Å². The van der Waals surface area contributed by atoms with Gasteiger partial charge >= 0.3 is 11.9 Å². The van der Waals surface area contributed by atoms with E-state index >= 15 is 0 Å². The second kappa shape index (κ2) is 5.98. The van der Waals surface area contributed by atoms with Crippen LogP contribution in [0.3, 0.4) is 0 Å². The van der Waals surface area contributed by atoms with Crippen LogP contribution >= 0.6 is 0 Å². The Morgan fingerprint density at radius 2 is 1.10 bits per heavy atom. The molecule has 0 bridgehead atoms. The molecule has 21 heavy (non-hydrogen) atoms. The van der Waals surface area contributed by atoms with Crippen molar-refractivity contribution in [3.63, 3.8) is 0 Å². The van der Waals surface area contributed by atoms with Crippen molar-refractivity contribution in [2.75, 3.05) is 0 Å². The molecule has 0 spiro atoms. The smallest absolute Gasteiger partial charge is 0.324 e. The van der Waals surface area contributed by atoms with Gasteiger partial charge in [-0.15, -0.1) is 0 Å². The summed E-state index contributed by atoms with van der Waals surface area (Å²) in [6, 6.07) is 0. The van der Waals surface area contributed by atoms with E-state index in [2.05, 4.69) is 0 Å². The van der Waals surface area contributed by atoms with E-state index in [1.807, 2.05) is 41.5 Å². The maximum Gasteiger partial charge on any atom is 0.324 e. The standard InChI is InChI=1S/C17H30O4/c1-15(2,3)20-13(18)17(7,12-10-8-9-11-12)14(19)21-16(4,5)6/h12H,8-11H2,1-7H3. The van der Waals surface area contributed by atoms with Crippen molar-refractivity contribution in [1.29, 1.82) is 0 Å². The molecule has 0 aromatic carbocycles. The van der Waals surface area contributed by atoms with Crippen LogP contribution in [-0.4, -0.2) is 23.1 Å². The van der Waals surface area contributed by atoms with Crippen LogP contribution in [0.4, 0.5) is 0 Å². The first-order valence-corrected chi connectivity index (χ1v) is 7.83. The molecule has 0 heterocycles. The third-order valence-electron chi connectivity index (χ3n) is 3.82. The van der Waals surface area contributed by atoms with Crippen LogP contribution in [0.15, 0.2) is 0 Å².